The summed E-state index contributed by atoms with van der Waals surface area (Å²) in [5.41, 5.74) is 0.964. The van der Waals surface area contributed by atoms with Crippen LogP contribution in [0.2, 0.25) is 4.34 Å². The highest BCUT2D eigenvalue weighted by molar-refractivity contribution is 7.16. The molecule has 0 fully saturated rings. The maximum Gasteiger partial charge on any atom is 0.295 e. The number of hydrogen-bond acceptors (Lipinski definition) is 6. The number of non-ortho nitro benzene ring substituents is 1. The molecular weight excluding hydrogens is 314 g/mol. The Hall–Kier alpha value is -2.12. The average Bonchev–Trinajstić information content (AvgIpc) is 3.03. The Morgan fingerprint density at radius 2 is 2.24 bits per heavy atom. The Kier molecular flexibility index (Phi) is 3.76. The number of benzene rings is 1. The Balaban J connectivity index is 1.68. The van der Waals surface area contributed by atoms with E-state index in [-0.39, 0.29) is 5.69 Å². The summed E-state index contributed by atoms with van der Waals surface area (Å²) in [5.74, 6) is 0. The maximum atomic E-state index is 10.7. The number of nitro benzene ring substituents is 1. The second-order valence-corrected chi connectivity index (χ2v) is 6.11. The highest BCUT2D eigenvalue weighted by Crippen LogP contribution is 2.24. The van der Waals surface area contributed by atoms with Crippen LogP contribution in [0.1, 0.15) is 4.88 Å². The molecule has 0 spiro atoms. The summed E-state index contributed by atoms with van der Waals surface area (Å²) in [6, 6.07) is 8.54. The fourth-order valence-electron chi connectivity index (χ4n) is 1.88. The average molecular weight is 324 g/mol. The van der Waals surface area contributed by atoms with Crippen LogP contribution in [0, 0.1) is 10.1 Å². The molecule has 108 valence electrons. The lowest BCUT2D eigenvalue weighted by molar-refractivity contribution is -0.384. The maximum absolute atomic E-state index is 10.7. The van der Waals surface area contributed by atoms with Crippen LogP contribution in [0.25, 0.3) is 11.1 Å². The smallest absolute Gasteiger partial charge is 0.295 e. The van der Waals surface area contributed by atoms with Crippen molar-refractivity contribution in [3.8, 4) is 0 Å². The molecule has 0 saturated carbocycles. The van der Waals surface area contributed by atoms with Gasteiger partial charge in [-0.1, -0.05) is 11.6 Å². The number of hydrogen-bond donors (Lipinski definition) is 1. The number of nitrogens with one attached hydrogen (secondary N) is 1. The number of nitro groups is 1. The van der Waals surface area contributed by atoms with Gasteiger partial charge in [-0.25, -0.2) is 0 Å². The SMILES string of the molecule is O=[N+]([O-])c1ccc2nc(NCCc3ccc(Cl)s3)oc2c1. The minimum Gasteiger partial charge on any atom is -0.423 e. The molecule has 0 aliphatic carbocycles. The van der Waals surface area contributed by atoms with Crippen molar-refractivity contribution in [1.82, 2.24) is 4.98 Å². The van der Waals surface area contributed by atoms with E-state index < -0.39 is 4.92 Å². The first-order valence-corrected chi connectivity index (χ1v) is 7.34. The van der Waals surface area contributed by atoms with E-state index in [4.69, 9.17) is 16.0 Å². The third-order valence-corrected chi connectivity index (χ3v) is 4.15. The molecule has 2 aromatic heterocycles. The van der Waals surface area contributed by atoms with Crippen molar-refractivity contribution in [2.75, 3.05) is 11.9 Å². The van der Waals surface area contributed by atoms with Gasteiger partial charge in [-0.05, 0) is 24.6 Å². The molecule has 0 bridgehead atoms. The number of halogens is 1. The van der Waals surface area contributed by atoms with Crippen LogP contribution in [0.5, 0.6) is 0 Å². The Bertz CT molecular complexity index is 799. The van der Waals surface area contributed by atoms with Crippen molar-refractivity contribution in [3.63, 3.8) is 0 Å². The molecule has 3 aromatic rings. The van der Waals surface area contributed by atoms with Crippen molar-refractivity contribution >= 4 is 45.7 Å². The summed E-state index contributed by atoms with van der Waals surface area (Å²) in [7, 11) is 0. The van der Waals surface area contributed by atoms with Gasteiger partial charge in [0, 0.05) is 17.5 Å². The van der Waals surface area contributed by atoms with Gasteiger partial charge in [0.05, 0.1) is 15.3 Å². The second-order valence-electron chi connectivity index (χ2n) is 4.31. The third kappa shape index (κ3) is 3.14. The Labute approximate surface area is 128 Å². The Morgan fingerprint density at radius 3 is 2.95 bits per heavy atom. The quantitative estimate of drug-likeness (QED) is 0.564. The van der Waals surface area contributed by atoms with Crippen molar-refractivity contribution in [2.45, 2.75) is 6.42 Å². The number of fused-ring (bicyclic) bond motifs is 1. The van der Waals surface area contributed by atoms with Crippen molar-refractivity contribution < 1.29 is 9.34 Å². The molecule has 21 heavy (non-hydrogen) atoms. The largest absolute Gasteiger partial charge is 0.423 e. The lowest BCUT2D eigenvalue weighted by Crippen LogP contribution is -2.03. The summed E-state index contributed by atoms with van der Waals surface area (Å²) >= 11 is 7.39. The van der Waals surface area contributed by atoms with Crippen LogP contribution in [0.3, 0.4) is 0 Å². The molecule has 0 atom stereocenters. The molecule has 0 aliphatic rings. The minimum atomic E-state index is -0.463. The molecule has 1 aromatic carbocycles. The van der Waals surface area contributed by atoms with E-state index in [2.05, 4.69) is 10.3 Å². The molecule has 2 heterocycles. The fourth-order valence-corrected chi connectivity index (χ4v) is 2.97. The van der Waals surface area contributed by atoms with Crippen LogP contribution < -0.4 is 5.32 Å². The summed E-state index contributed by atoms with van der Waals surface area (Å²) in [5, 5.41) is 13.8. The van der Waals surface area contributed by atoms with Gasteiger partial charge in [-0.3, -0.25) is 10.1 Å². The molecule has 0 unspecified atom stereocenters. The first-order chi connectivity index (χ1) is 10.1. The number of oxazole rings is 1. The number of nitrogens with zero attached hydrogens (tertiary/aromatic N) is 2. The highest BCUT2D eigenvalue weighted by Gasteiger charge is 2.11. The standard InChI is InChI=1S/C13H10ClN3O3S/c14-12-4-2-9(21-12)5-6-15-13-16-10-3-1-8(17(18)19)7-11(10)20-13/h1-4,7H,5-6H2,(H,15,16). The molecule has 6 nitrogen and oxygen atoms in total. The molecule has 8 heteroatoms. The summed E-state index contributed by atoms with van der Waals surface area (Å²) in [4.78, 5) is 15.6. The lowest BCUT2D eigenvalue weighted by atomic mass is 10.3. The number of anilines is 1. The molecule has 0 radical (unpaired) electrons. The van der Waals surface area contributed by atoms with Crippen molar-refractivity contribution in [3.05, 3.63) is 49.7 Å². The van der Waals surface area contributed by atoms with Gasteiger partial charge in [-0.15, -0.1) is 11.3 Å². The lowest BCUT2D eigenvalue weighted by Gasteiger charge is -1.98. The van der Waals surface area contributed by atoms with E-state index in [1.807, 2.05) is 12.1 Å². The van der Waals surface area contributed by atoms with Gasteiger partial charge in [0.15, 0.2) is 5.58 Å². The zero-order valence-electron chi connectivity index (χ0n) is 10.7. The molecule has 1 N–H and O–H groups in total. The Morgan fingerprint density at radius 1 is 1.38 bits per heavy atom. The first-order valence-electron chi connectivity index (χ1n) is 6.15. The number of thiophene rings is 1. The van der Waals surface area contributed by atoms with Crippen LogP contribution >= 0.6 is 22.9 Å². The molecule has 0 saturated heterocycles. The van der Waals surface area contributed by atoms with E-state index in [9.17, 15) is 10.1 Å². The van der Waals surface area contributed by atoms with E-state index in [1.165, 1.54) is 28.3 Å². The highest BCUT2D eigenvalue weighted by atomic mass is 35.5. The van der Waals surface area contributed by atoms with Gasteiger partial charge in [0.1, 0.15) is 5.52 Å². The van der Waals surface area contributed by atoms with Crippen molar-refractivity contribution in [2.24, 2.45) is 0 Å². The van der Waals surface area contributed by atoms with E-state index in [0.29, 0.717) is 23.7 Å². The number of aromatic nitrogens is 1. The normalized spacial score (nSPS) is 10.9. The molecule has 3 rings (SSSR count). The molecule has 0 aliphatic heterocycles. The van der Waals surface area contributed by atoms with E-state index >= 15 is 0 Å². The van der Waals surface area contributed by atoms with Crippen LogP contribution in [-0.4, -0.2) is 16.5 Å². The predicted molar refractivity (Wildman–Crippen MR) is 82.2 cm³/mol. The van der Waals surface area contributed by atoms with Gasteiger partial charge in [0.2, 0.25) is 0 Å². The van der Waals surface area contributed by atoms with E-state index in [0.717, 1.165) is 10.8 Å². The summed E-state index contributed by atoms with van der Waals surface area (Å²) in [6.45, 7) is 0.645. The zero-order chi connectivity index (χ0) is 14.8. The van der Waals surface area contributed by atoms with Crippen LogP contribution in [0.4, 0.5) is 11.7 Å². The van der Waals surface area contributed by atoms with Crippen LogP contribution in [-0.2, 0) is 6.42 Å². The molecular formula is C13H10ClN3O3S. The van der Waals surface area contributed by atoms with Gasteiger partial charge in [0.25, 0.3) is 11.7 Å². The topological polar surface area (TPSA) is 81.2 Å². The van der Waals surface area contributed by atoms with Gasteiger partial charge < -0.3 is 9.73 Å². The summed E-state index contributed by atoms with van der Waals surface area (Å²) < 4.78 is 6.22. The number of rotatable bonds is 5. The van der Waals surface area contributed by atoms with Crippen molar-refractivity contribution in [1.29, 1.82) is 0 Å². The monoisotopic (exact) mass is 323 g/mol. The summed E-state index contributed by atoms with van der Waals surface area (Å²) in [6.07, 6.45) is 0.802. The fraction of sp³-hybridized carbons (Fsp3) is 0.154. The first kappa shape index (κ1) is 13.8. The van der Waals surface area contributed by atoms with Gasteiger partial charge >= 0.3 is 0 Å². The van der Waals surface area contributed by atoms with Crippen LogP contribution in [0.15, 0.2) is 34.7 Å². The zero-order valence-corrected chi connectivity index (χ0v) is 12.3. The minimum absolute atomic E-state index is 0.0153. The molecule has 0 amide bonds. The third-order valence-electron chi connectivity index (χ3n) is 2.86. The predicted octanol–water partition coefficient (Wildman–Crippen LogP) is 4.11. The van der Waals surface area contributed by atoms with E-state index in [1.54, 1.807) is 6.07 Å². The van der Waals surface area contributed by atoms with Gasteiger partial charge in [-0.2, -0.15) is 4.98 Å². The second kappa shape index (κ2) is 5.71.